The largest absolute Gasteiger partial charge is 0.355 e. The molecule has 9 heteroatoms. The van der Waals surface area contributed by atoms with Crippen LogP contribution in [0.1, 0.15) is 12.8 Å². The summed E-state index contributed by atoms with van der Waals surface area (Å²) in [6, 6.07) is 7.56. The highest BCUT2D eigenvalue weighted by atomic mass is 35.5. The first-order chi connectivity index (χ1) is 11.8. The number of carbonyl (C=O) groups is 1. The Kier molecular flexibility index (Phi) is 7.57. The zero-order chi connectivity index (χ0) is 18.4. The van der Waals surface area contributed by atoms with Crippen molar-refractivity contribution in [1.29, 1.82) is 0 Å². The second-order valence-corrected chi connectivity index (χ2v) is 9.83. The first kappa shape index (κ1) is 20.5. The van der Waals surface area contributed by atoms with E-state index in [2.05, 4.69) is 5.32 Å². The minimum Gasteiger partial charge on any atom is -0.355 e. The molecule has 1 aromatic rings. The smallest absolute Gasteiger partial charge is 0.281 e. The Labute approximate surface area is 159 Å². The maximum Gasteiger partial charge on any atom is 0.281 e. The van der Waals surface area contributed by atoms with Crippen molar-refractivity contribution < 1.29 is 13.2 Å². The summed E-state index contributed by atoms with van der Waals surface area (Å²) in [7, 11) is -0.445. The molecule has 0 aromatic heterocycles. The van der Waals surface area contributed by atoms with E-state index in [1.807, 2.05) is 24.3 Å². The van der Waals surface area contributed by atoms with Gasteiger partial charge in [0, 0.05) is 49.4 Å². The number of hydrogen-bond donors (Lipinski definition) is 1. The first-order valence-electron chi connectivity index (χ1n) is 8.14. The summed E-state index contributed by atoms with van der Waals surface area (Å²) in [4.78, 5) is 13.4. The molecule has 140 valence electrons. The predicted molar refractivity (Wildman–Crippen MR) is 102 cm³/mol. The number of benzene rings is 1. The van der Waals surface area contributed by atoms with Crippen LogP contribution in [0.4, 0.5) is 0 Å². The average molecular weight is 406 g/mol. The van der Waals surface area contributed by atoms with Crippen LogP contribution in [-0.4, -0.2) is 62.4 Å². The highest BCUT2D eigenvalue weighted by Gasteiger charge is 2.33. The molecule has 1 N–H and O–H groups in total. The number of thioether (sulfide) groups is 1. The lowest BCUT2D eigenvalue weighted by atomic mass is 9.99. The third-order valence-corrected chi connectivity index (χ3v) is 7.20. The molecule has 0 spiro atoms. The summed E-state index contributed by atoms with van der Waals surface area (Å²) in [5, 5.41) is 3.62. The molecule has 1 atom stereocenters. The van der Waals surface area contributed by atoms with Gasteiger partial charge in [0.05, 0.1) is 5.92 Å². The maximum atomic E-state index is 12.3. The van der Waals surface area contributed by atoms with Gasteiger partial charge in [-0.15, -0.1) is 11.8 Å². The molecule has 1 aliphatic rings. The van der Waals surface area contributed by atoms with Gasteiger partial charge in [-0.25, -0.2) is 0 Å². The number of amides is 1. The van der Waals surface area contributed by atoms with E-state index in [1.54, 1.807) is 11.8 Å². The molecular weight excluding hydrogens is 382 g/mol. The van der Waals surface area contributed by atoms with Crippen molar-refractivity contribution in [2.24, 2.45) is 5.92 Å². The summed E-state index contributed by atoms with van der Waals surface area (Å²) in [6.07, 6.45) is 1.42. The molecule has 0 unspecified atom stereocenters. The monoisotopic (exact) mass is 405 g/mol. The fourth-order valence-electron chi connectivity index (χ4n) is 2.62. The van der Waals surface area contributed by atoms with Gasteiger partial charge in [0.2, 0.25) is 5.91 Å². The molecule has 1 saturated heterocycles. The Morgan fingerprint density at radius 1 is 1.36 bits per heavy atom. The van der Waals surface area contributed by atoms with Crippen molar-refractivity contribution >= 4 is 39.5 Å². The number of nitrogens with zero attached hydrogens (tertiary/aromatic N) is 2. The predicted octanol–water partition coefficient (Wildman–Crippen LogP) is 2.07. The van der Waals surface area contributed by atoms with Gasteiger partial charge in [0.25, 0.3) is 10.2 Å². The Balaban J connectivity index is 1.77. The van der Waals surface area contributed by atoms with Crippen molar-refractivity contribution in [1.82, 2.24) is 13.9 Å². The number of rotatable bonds is 7. The fraction of sp³-hybridized carbons (Fsp3) is 0.562. The maximum absolute atomic E-state index is 12.3. The highest BCUT2D eigenvalue weighted by Crippen LogP contribution is 2.21. The Hall–Kier alpha value is -0.800. The summed E-state index contributed by atoms with van der Waals surface area (Å²) >= 11 is 7.49. The number of nitrogens with one attached hydrogen (secondary N) is 1. The van der Waals surface area contributed by atoms with Crippen LogP contribution >= 0.6 is 23.4 Å². The second-order valence-electron chi connectivity index (χ2n) is 6.08. The number of hydrogen-bond acceptors (Lipinski definition) is 4. The van der Waals surface area contributed by atoms with Gasteiger partial charge in [-0.1, -0.05) is 11.6 Å². The molecule has 6 nitrogen and oxygen atoms in total. The molecular formula is C16H24ClN3O3S2. The third kappa shape index (κ3) is 5.86. The second kappa shape index (κ2) is 9.23. The minimum absolute atomic E-state index is 0.0737. The third-order valence-electron chi connectivity index (χ3n) is 4.03. The van der Waals surface area contributed by atoms with Crippen molar-refractivity contribution in [2.75, 3.05) is 39.5 Å². The van der Waals surface area contributed by atoms with Crippen molar-refractivity contribution in [2.45, 2.75) is 17.7 Å². The zero-order valence-electron chi connectivity index (χ0n) is 14.4. The van der Waals surface area contributed by atoms with Crippen LogP contribution in [0, 0.1) is 5.92 Å². The molecule has 1 aromatic carbocycles. The van der Waals surface area contributed by atoms with Crippen LogP contribution in [0.2, 0.25) is 5.02 Å². The van der Waals surface area contributed by atoms with E-state index >= 15 is 0 Å². The Morgan fingerprint density at radius 3 is 2.68 bits per heavy atom. The lowest BCUT2D eigenvalue weighted by Gasteiger charge is -2.32. The van der Waals surface area contributed by atoms with E-state index in [4.69, 9.17) is 11.6 Å². The fourth-order valence-corrected chi connectivity index (χ4v) is 4.70. The van der Waals surface area contributed by atoms with E-state index in [9.17, 15) is 13.2 Å². The number of carbonyl (C=O) groups excluding carboxylic acids is 1. The number of halogens is 1. The topological polar surface area (TPSA) is 69.7 Å². The molecule has 2 rings (SSSR count). The Morgan fingerprint density at radius 2 is 2.04 bits per heavy atom. The van der Waals surface area contributed by atoms with E-state index in [1.165, 1.54) is 22.7 Å². The summed E-state index contributed by atoms with van der Waals surface area (Å²) in [5.74, 6) is 0.388. The molecule has 0 saturated carbocycles. The van der Waals surface area contributed by atoms with E-state index in [0.717, 1.165) is 17.1 Å². The first-order valence-corrected chi connectivity index (χ1v) is 10.9. The van der Waals surface area contributed by atoms with Crippen molar-refractivity contribution in [3.63, 3.8) is 0 Å². The van der Waals surface area contributed by atoms with E-state index in [0.29, 0.717) is 24.5 Å². The normalized spacial score (nSPS) is 19.1. The molecule has 0 aliphatic carbocycles. The summed E-state index contributed by atoms with van der Waals surface area (Å²) in [6.45, 7) is 1.26. The van der Waals surface area contributed by atoms with Gasteiger partial charge < -0.3 is 5.32 Å². The van der Waals surface area contributed by atoms with Crippen LogP contribution in [0.3, 0.4) is 0 Å². The standard InChI is InChI=1S/C16H24ClN3O3S2/c1-19(2)25(22,23)20-10-3-4-13(12-20)16(21)18-9-11-24-15-7-5-14(17)6-8-15/h5-8,13H,3-4,9-12H2,1-2H3,(H,18,21)/t13-/m0/s1. The van der Waals surface area contributed by atoms with Crippen LogP contribution in [0.5, 0.6) is 0 Å². The average Bonchev–Trinajstić information content (AvgIpc) is 2.60. The van der Waals surface area contributed by atoms with Gasteiger partial charge in [-0.05, 0) is 37.1 Å². The number of piperidine rings is 1. The van der Waals surface area contributed by atoms with Crippen molar-refractivity contribution in [3.8, 4) is 0 Å². The van der Waals surface area contributed by atoms with Gasteiger partial charge in [-0.3, -0.25) is 4.79 Å². The van der Waals surface area contributed by atoms with Gasteiger partial charge in [0.1, 0.15) is 0 Å². The van der Waals surface area contributed by atoms with E-state index < -0.39 is 10.2 Å². The highest BCUT2D eigenvalue weighted by molar-refractivity contribution is 7.99. The minimum atomic E-state index is -3.46. The Bertz CT molecular complexity index is 680. The molecule has 1 aliphatic heterocycles. The van der Waals surface area contributed by atoms with Crippen LogP contribution in [-0.2, 0) is 15.0 Å². The molecule has 0 radical (unpaired) electrons. The van der Waals surface area contributed by atoms with Gasteiger partial charge in [-0.2, -0.15) is 17.0 Å². The zero-order valence-corrected chi connectivity index (χ0v) is 16.8. The van der Waals surface area contributed by atoms with Crippen LogP contribution in [0.25, 0.3) is 0 Å². The summed E-state index contributed by atoms with van der Waals surface area (Å²) < 4.78 is 27.0. The molecule has 1 heterocycles. The van der Waals surface area contributed by atoms with Crippen molar-refractivity contribution in [3.05, 3.63) is 29.3 Å². The SMILES string of the molecule is CN(C)S(=O)(=O)N1CCC[C@H](C(=O)NCCSc2ccc(Cl)cc2)C1. The lowest BCUT2D eigenvalue weighted by molar-refractivity contribution is -0.125. The molecule has 25 heavy (non-hydrogen) atoms. The van der Waals surface area contributed by atoms with Gasteiger partial charge in [0.15, 0.2) is 0 Å². The van der Waals surface area contributed by atoms with E-state index in [-0.39, 0.29) is 18.4 Å². The van der Waals surface area contributed by atoms with Crippen LogP contribution < -0.4 is 5.32 Å². The molecule has 0 bridgehead atoms. The lowest BCUT2D eigenvalue weighted by Crippen LogP contribution is -2.49. The summed E-state index contributed by atoms with van der Waals surface area (Å²) in [5.41, 5.74) is 0. The molecule has 1 fully saturated rings. The quantitative estimate of drug-likeness (QED) is 0.557. The van der Waals surface area contributed by atoms with Crippen LogP contribution in [0.15, 0.2) is 29.2 Å². The molecule has 1 amide bonds. The van der Waals surface area contributed by atoms with Gasteiger partial charge >= 0.3 is 0 Å².